The quantitative estimate of drug-likeness (QED) is 0.666. The third-order valence-electron chi connectivity index (χ3n) is 4.96. The van der Waals surface area contributed by atoms with Gasteiger partial charge in [-0.25, -0.2) is 13.4 Å². The van der Waals surface area contributed by atoms with Crippen molar-refractivity contribution in [3.8, 4) is 0 Å². The molecule has 152 valence electrons. The van der Waals surface area contributed by atoms with Crippen molar-refractivity contribution in [3.05, 3.63) is 54.1 Å². The van der Waals surface area contributed by atoms with Gasteiger partial charge in [-0.05, 0) is 36.8 Å². The summed E-state index contributed by atoms with van der Waals surface area (Å²) in [7, 11) is -3.69. The number of hydrogen-bond donors (Lipinski definition) is 2. The number of para-hydroxylation sites is 2. The van der Waals surface area contributed by atoms with Gasteiger partial charge in [0.15, 0.2) is 0 Å². The lowest BCUT2D eigenvalue weighted by Crippen LogP contribution is -2.50. The first-order valence-electron chi connectivity index (χ1n) is 9.45. The van der Waals surface area contributed by atoms with Crippen molar-refractivity contribution >= 4 is 38.6 Å². The number of benzene rings is 2. The van der Waals surface area contributed by atoms with Gasteiger partial charge >= 0.3 is 0 Å². The lowest BCUT2D eigenvalue weighted by atomic mass is 10.2. The number of carbonyl (C=O) groups excluding carboxylic acids is 1. The van der Waals surface area contributed by atoms with Gasteiger partial charge in [-0.15, -0.1) is 0 Å². The number of aromatic amines is 1. The minimum atomic E-state index is -3.69. The average Bonchev–Trinajstić information content (AvgIpc) is 3.09. The highest BCUT2D eigenvalue weighted by molar-refractivity contribution is 7.89. The van der Waals surface area contributed by atoms with Crippen LogP contribution in [0.4, 0.5) is 11.6 Å². The van der Waals surface area contributed by atoms with Crippen LogP contribution in [-0.2, 0) is 14.8 Å². The molecule has 2 heterocycles. The summed E-state index contributed by atoms with van der Waals surface area (Å²) in [5, 5.41) is 2.55. The highest BCUT2D eigenvalue weighted by Crippen LogP contribution is 2.19. The molecule has 0 atom stereocenters. The van der Waals surface area contributed by atoms with E-state index in [1.54, 1.807) is 0 Å². The number of rotatable bonds is 5. The zero-order chi connectivity index (χ0) is 20.4. The molecule has 8 nitrogen and oxygen atoms in total. The van der Waals surface area contributed by atoms with E-state index in [-0.39, 0.29) is 5.95 Å². The fourth-order valence-corrected chi connectivity index (χ4v) is 4.79. The Hall–Kier alpha value is -2.91. The summed E-state index contributed by atoms with van der Waals surface area (Å²) in [6.45, 7) is 3.93. The summed E-state index contributed by atoms with van der Waals surface area (Å²) in [5.41, 5.74) is 3.74. The number of nitrogens with one attached hydrogen (secondary N) is 2. The van der Waals surface area contributed by atoms with Crippen molar-refractivity contribution in [2.75, 3.05) is 42.1 Å². The third-order valence-corrected chi connectivity index (χ3v) is 6.74. The molecule has 0 unspecified atom stereocenters. The summed E-state index contributed by atoms with van der Waals surface area (Å²) in [6, 6.07) is 15.5. The van der Waals surface area contributed by atoms with Gasteiger partial charge < -0.3 is 9.88 Å². The third kappa shape index (κ3) is 4.41. The molecule has 1 aliphatic rings. The fraction of sp³-hybridized carbons (Fsp3) is 0.300. The van der Waals surface area contributed by atoms with E-state index in [2.05, 4.69) is 26.3 Å². The highest BCUT2D eigenvalue weighted by atomic mass is 32.2. The Kier molecular flexibility index (Phi) is 5.25. The van der Waals surface area contributed by atoms with E-state index in [9.17, 15) is 13.2 Å². The lowest BCUT2D eigenvalue weighted by Gasteiger charge is -2.35. The van der Waals surface area contributed by atoms with Gasteiger partial charge in [-0.2, -0.15) is 4.31 Å². The normalized spacial score (nSPS) is 15.6. The topological polar surface area (TPSA) is 98.4 Å². The first kappa shape index (κ1) is 19.4. The van der Waals surface area contributed by atoms with E-state index >= 15 is 0 Å². The van der Waals surface area contributed by atoms with Crippen LogP contribution in [0, 0.1) is 6.92 Å². The predicted molar refractivity (Wildman–Crippen MR) is 113 cm³/mol. The van der Waals surface area contributed by atoms with E-state index in [4.69, 9.17) is 0 Å². The first-order chi connectivity index (χ1) is 13.9. The van der Waals surface area contributed by atoms with Gasteiger partial charge in [0, 0.05) is 31.9 Å². The van der Waals surface area contributed by atoms with Crippen LogP contribution in [0.2, 0.25) is 0 Å². The number of amides is 1. The summed E-state index contributed by atoms with van der Waals surface area (Å²) in [5.74, 6) is -0.963. The minimum absolute atomic E-state index is 0.246. The van der Waals surface area contributed by atoms with Crippen molar-refractivity contribution < 1.29 is 13.2 Å². The van der Waals surface area contributed by atoms with Gasteiger partial charge in [-0.3, -0.25) is 10.1 Å². The molecule has 1 aromatic heterocycles. The molecule has 0 saturated carbocycles. The van der Waals surface area contributed by atoms with Gasteiger partial charge in [0.2, 0.25) is 21.9 Å². The van der Waals surface area contributed by atoms with Crippen LogP contribution in [0.15, 0.2) is 48.5 Å². The molecular formula is C20H23N5O3S. The van der Waals surface area contributed by atoms with Crippen LogP contribution in [0.1, 0.15) is 5.56 Å². The highest BCUT2D eigenvalue weighted by Gasteiger charge is 2.29. The molecule has 2 aromatic carbocycles. The van der Waals surface area contributed by atoms with Crippen LogP contribution in [0.3, 0.4) is 0 Å². The van der Waals surface area contributed by atoms with Crippen molar-refractivity contribution in [2.45, 2.75) is 6.92 Å². The number of carbonyl (C=O) groups is 1. The monoisotopic (exact) mass is 413 g/mol. The first-order valence-corrected chi connectivity index (χ1v) is 11.1. The molecule has 0 radical (unpaired) electrons. The Morgan fingerprint density at radius 1 is 1.10 bits per heavy atom. The molecule has 3 aromatic rings. The number of piperazine rings is 1. The molecule has 1 fully saturated rings. The number of sulfonamides is 1. The number of fused-ring (bicyclic) bond motifs is 1. The van der Waals surface area contributed by atoms with Crippen LogP contribution in [0.5, 0.6) is 0 Å². The van der Waals surface area contributed by atoms with Gasteiger partial charge in [-0.1, -0.05) is 24.3 Å². The van der Waals surface area contributed by atoms with Crippen molar-refractivity contribution in [2.24, 2.45) is 0 Å². The number of imidazole rings is 1. The van der Waals surface area contributed by atoms with Crippen LogP contribution in [-0.4, -0.2) is 60.5 Å². The molecule has 9 heteroatoms. The minimum Gasteiger partial charge on any atom is -0.369 e. The Morgan fingerprint density at radius 2 is 1.86 bits per heavy atom. The molecule has 1 aliphatic heterocycles. The van der Waals surface area contributed by atoms with E-state index in [0.717, 1.165) is 11.2 Å². The maximum Gasteiger partial charge on any atom is 0.243 e. The molecule has 2 N–H and O–H groups in total. The summed E-state index contributed by atoms with van der Waals surface area (Å²) >= 11 is 0. The summed E-state index contributed by atoms with van der Waals surface area (Å²) < 4.78 is 26.7. The molecule has 0 aliphatic carbocycles. The van der Waals surface area contributed by atoms with E-state index in [0.29, 0.717) is 31.7 Å². The number of anilines is 2. The smallest absolute Gasteiger partial charge is 0.243 e. The number of nitrogens with zero attached hydrogens (tertiary/aromatic N) is 3. The van der Waals surface area contributed by atoms with Crippen molar-refractivity contribution in [1.29, 1.82) is 0 Å². The Balaban J connectivity index is 1.35. The second-order valence-electron chi connectivity index (χ2n) is 7.13. The van der Waals surface area contributed by atoms with Crippen LogP contribution >= 0.6 is 0 Å². The average molecular weight is 414 g/mol. The molecular weight excluding hydrogens is 390 g/mol. The molecule has 0 spiro atoms. The number of hydrogen-bond acceptors (Lipinski definition) is 5. The van der Waals surface area contributed by atoms with Gasteiger partial charge in [0.05, 0.1) is 11.0 Å². The molecule has 1 amide bonds. The number of aryl methyl sites for hydroxylation is 1. The number of aromatic nitrogens is 2. The van der Waals surface area contributed by atoms with Gasteiger partial charge in [0.25, 0.3) is 0 Å². The number of H-pyrrole nitrogens is 1. The fourth-order valence-electron chi connectivity index (χ4n) is 3.49. The maximum atomic E-state index is 12.7. The van der Waals surface area contributed by atoms with Crippen LogP contribution in [0.25, 0.3) is 11.0 Å². The zero-order valence-electron chi connectivity index (χ0n) is 16.1. The second kappa shape index (κ2) is 7.84. The van der Waals surface area contributed by atoms with Crippen molar-refractivity contribution in [3.63, 3.8) is 0 Å². The van der Waals surface area contributed by atoms with E-state index < -0.39 is 21.7 Å². The molecule has 4 rings (SSSR count). The zero-order valence-corrected chi connectivity index (χ0v) is 16.9. The largest absolute Gasteiger partial charge is 0.369 e. The van der Waals surface area contributed by atoms with Gasteiger partial charge in [0.1, 0.15) is 5.75 Å². The summed E-state index contributed by atoms with van der Waals surface area (Å²) in [4.78, 5) is 21.6. The Bertz CT molecular complexity index is 1100. The Morgan fingerprint density at radius 3 is 2.59 bits per heavy atom. The summed E-state index contributed by atoms with van der Waals surface area (Å²) in [6.07, 6.45) is 0. The maximum absolute atomic E-state index is 12.7. The second-order valence-corrected chi connectivity index (χ2v) is 9.10. The van der Waals surface area contributed by atoms with E-state index in [1.165, 1.54) is 9.87 Å². The molecule has 1 saturated heterocycles. The van der Waals surface area contributed by atoms with Crippen LogP contribution < -0.4 is 10.2 Å². The van der Waals surface area contributed by atoms with E-state index in [1.807, 2.05) is 49.4 Å². The Labute approximate surface area is 169 Å². The standard InChI is InChI=1S/C20H23N5O3S/c1-15-5-4-6-16(13-15)24-9-11-25(12-10-24)29(27,28)14-19(26)23-20-21-17-7-2-3-8-18(17)22-20/h2-8,13H,9-12,14H2,1H3,(H2,21,22,23,26). The lowest BCUT2D eigenvalue weighted by molar-refractivity contribution is -0.114. The SMILES string of the molecule is Cc1cccc(N2CCN(S(=O)(=O)CC(=O)Nc3nc4ccccc4[nH]3)CC2)c1. The molecule has 0 bridgehead atoms. The predicted octanol–water partition coefficient (Wildman–Crippen LogP) is 1.96. The van der Waals surface area contributed by atoms with Crippen molar-refractivity contribution in [1.82, 2.24) is 14.3 Å². The molecule has 29 heavy (non-hydrogen) atoms.